The molecule has 0 amide bonds. The molecule has 2 bridgehead atoms. The zero-order chi connectivity index (χ0) is 10.3. The lowest BCUT2D eigenvalue weighted by atomic mass is 10.2. The van der Waals surface area contributed by atoms with Gasteiger partial charge in [-0.05, 0) is 18.6 Å². The van der Waals surface area contributed by atoms with Gasteiger partial charge < -0.3 is 9.64 Å². The summed E-state index contributed by atoms with van der Waals surface area (Å²) >= 11 is 0. The lowest BCUT2D eigenvalue weighted by Crippen LogP contribution is -2.38. The normalized spacial score (nSPS) is 28.4. The molecule has 0 saturated carbocycles. The van der Waals surface area contributed by atoms with Gasteiger partial charge in [0.1, 0.15) is 5.82 Å². The third kappa shape index (κ3) is 1.33. The first-order valence-electron chi connectivity index (χ1n) is 5.17. The van der Waals surface area contributed by atoms with Crippen LogP contribution in [0.3, 0.4) is 0 Å². The van der Waals surface area contributed by atoms with Crippen LogP contribution in [0.25, 0.3) is 0 Å². The van der Waals surface area contributed by atoms with Crippen LogP contribution in [0.2, 0.25) is 0 Å². The highest BCUT2D eigenvalue weighted by Gasteiger charge is 2.40. The minimum absolute atomic E-state index is 0.330. The summed E-state index contributed by atoms with van der Waals surface area (Å²) in [6.07, 6.45) is 4.00. The van der Waals surface area contributed by atoms with Gasteiger partial charge in [0.25, 0.3) is 0 Å². The fourth-order valence-electron chi connectivity index (χ4n) is 2.40. The average molecular weight is 204 g/mol. The fourth-order valence-corrected chi connectivity index (χ4v) is 2.40. The molecule has 2 saturated heterocycles. The van der Waals surface area contributed by atoms with E-state index in [1.807, 2.05) is 6.07 Å². The minimum Gasteiger partial charge on any atom is -0.374 e. The predicted octanol–water partition coefficient (Wildman–Crippen LogP) is 0.872. The van der Waals surface area contributed by atoms with Gasteiger partial charge in [-0.2, -0.15) is 0 Å². The molecule has 0 radical (unpaired) electrons. The van der Waals surface area contributed by atoms with Crippen LogP contribution in [0.1, 0.15) is 16.8 Å². The summed E-state index contributed by atoms with van der Waals surface area (Å²) in [6.45, 7) is 1.63. The first-order chi connectivity index (χ1) is 7.38. The van der Waals surface area contributed by atoms with Crippen molar-refractivity contribution in [3.63, 3.8) is 0 Å². The Labute approximate surface area is 87.9 Å². The Balaban J connectivity index is 1.96. The number of aldehydes is 1. The van der Waals surface area contributed by atoms with Crippen molar-refractivity contribution in [2.45, 2.75) is 18.6 Å². The molecule has 2 aliphatic rings. The van der Waals surface area contributed by atoms with Crippen LogP contribution in [0.5, 0.6) is 0 Å². The summed E-state index contributed by atoms with van der Waals surface area (Å²) in [5, 5.41) is 0. The van der Waals surface area contributed by atoms with Crippen LogP contribution < -0.4 is 4.90 Å². The van der Waals surface area contributed by atoms with E-state index < -0.39 is 0 Å². The van der Waals surface area contributed by atoms with Gasteiger partial charge in [-0.1, -0.05) is 0 Å². The number of hydrogen-bond acceptors (Lipinski definition) is 4. The van der Waals surface area contributed by atoms with Crippen molar-refractivity contribution in [1.82, 2.24) is 4.98 Å². The van der Waals surface area contributed by atoms with E-state index in [9.17, 15) is 4.79 Å². The number of hydrogen-bond donors (Lipinski definition) is 0. The Bertz CT molecular complexity index is 394. The van der Waals surface area contributed by atoms with Gasteiger partial charge in [-0.3, -0.25) is 4.79 Å². The quantitative estimate of drug-likeness (QED) is 0.670. The summed E-state index contributed by atoms with van der Waals surface area (Å²) in [4.78, 5) is 17.4. The predicted molar refractivity (Wildman–Crippen MR) is 55.1 cm³/mol. The molecule has 0 spiro atoms. The number of fused-ring (bicyclic) bond motifs is 2. The molecule has 2 atom stereocenters. The van der Waals surface area contributed by atoms with E-state index in [0.29, 0.717) is 17.7 Å². The van der Waals surface area contributed by atoms with Crippen molar-refractivity contribution in [2.24, 2.45) is 0 Å². The van der Waals surface area contributed by atoms with E-state index >= 15 is 0 Å². The molecule has 0 aromatic carbocycles. The van der Waals surface area contributed by atoms with Gasteiger partial charge in [0.2, 0.25) is 0 Å². The van der Waals surface area contributed by atoms with E-state index in [4.69, 9.17) is 4.74 Å². The Morgan fingerprint density at radius 3 is 3.20 bits per heavy atom. The Morgan fingerprint density at radius 1 is 1.60 bits per heavy atom. The number of rotatable bonds is 2. The number of carbonyl (C=O) groups excluding carboxylic acids is 1. The molecule has 1 aromatic rings. The van der Waals surface area contributed by atoms with Crippen molar-refractivity contribution >= 4 is 12.1 Å². The number of morpholine rings is 1. The van der Waals surface area contributed by atoms with Gasteiger partial charge in [-0.25, -0.2) is 4.98 Å². The standard InChI is InChI=1S/C11H12N2O2/c14-6-8-2-1-3-12-11(8)13-5-10-4-9(13)7-15-10/h1-3,6,9-10H,4-5,7H2. The van der Waals surface area contributed by atoms with Crippen LogP contribution in [-0.2, 0) is 4.74 Å². The second kappa shape index (κ2) is 3.31. The third-order valence-corrected chi connectivity index (χ3v) is 3.12. The van der Waals surface area contributed by atoms with E-state index in [-0.39, 0.29) is 0 Å². The number of anilines is 1. The maximum absolute atomic E-state index is 10.9. The SMILES string of the molecule is O=Cc1cccnc1N1CC2CC1CO2. The number of pyridine rings is 1. The molecule has 0 aliphatic carbocycles. The Kier molecular flexibility index (Phi) is 1.95. The van der Waals surface area contributed by atoms with Gasteiger partial charge in [0, 0.05) is 12.7 Å². The molecule has 0 N–H and O–H groups in total. The van der Waals surface area contributed by atoms with Gasteiger partial charge >= 0.3 is 0 Å². The van der Waals surface area contributed by atoms with E-state index in [0.717, 1.165) is 31.7 Å². The second-order valence-electron chi connectivity index (χ2n) is 4.03. The Hall–Kier alpha value is -1.42. The molecule has 2 fully saturated rings. The van der Waals surface area contributed by atoms with Crippen LogP contribution in [0.4, 0.5) is 5.82 Å². The lowest BCUT2D eigenvalue weighted by Gasteiger charge is -2.28. The van der Waals surface area contributed by atoms with Gasteiger partial charge in [-0.15, -0.1) is 0 Å². The molecule has 4 heteroatoms. The van der Waals surface area contributed by atoms with Crippen molar-refractivity contribution in [1.29, 1.82) is 0 Å². The molecule has 15 heavy (non-hydrogen) atoms. The minimum atomic E-state index is 0.330. The molecule has 3 heterocycles. The molecule has 78 valence electrons. The maximum atomic E-state index is 10.9. The third-order valence-electron chi connectivity index (χ3n) is 3.12. The molecule has 2 unspecified atom stereocenters. The van der Waals surface area contributed by atoms with Crippen molar-refractivity contribution in [2.75, 3.05) is 18.1 Å². The molecular formula is C11H12N2O2. The summed E-state index contributed by atoms with van der Waals surface area (Å²) in [7, 11) is 0. The molecule has 2 aliphatic heterocycles. The number of ether oxygens (including phenoxy) is 1. The monoisotopic (exact) mass is 204 g/mol. The summed E-state index contributed by atoms with van der Waals surface area (Å²) in [5.41, 5.74) is 0.671. The zero-order valence-electron chi connectivity index (χ0n) is 8.30. The van der Waals surface area contributed by atoms with Crippen molar-refractivity contribution in [3.05, 3.63) is 23.9 Å². The van der Waals surface area contributed by atoms with Crippen LogP contribution in [0, 0.1) is 0 Å². The maximum Gasteiger partial charge on any atom is 0.153 e. The first kappa shape index (κ1) is 8.85. The van der Waals surface area contributed by atoms with Gasteiger partial charge in [0.05, 0.1) is 24.3 Å². The smallest absolute Gasteiger partial charge is 0.153 e. The molecular weight excluding hydrogens is 192 g/mol. The zero-order valence-corrected chi connectivity index (χ0v) is 8.30. The van der Waals surface area contributed by atoms with E-state index in [1.165, 1.54) is 0 Å². The summed E-state index contributed by atoms with van der Waals surface area (Å²) in [5.74, 6) is 0.809. The highest BCUT2D eigenvalue weighted by atomic mass is 16.5. The second-order valence-corrected chi connectivity index (χ2v) is 4.03. The highest BCUT2D eigenvalue weighted by molar-refractivity contribution is 5.83. The van der Waals surface area contributed by atoms with Crippen molar-refractivity contribution in [3.8, 4) is 0 Å². The summed E-state index contributed by atoms with van der Waals surface area (Å²) in [6, 6.07) is 4.00. The van der Waals surface area contributed by atoms with Crippen molar-refractivity contribution < 1.29 is 9.53 Å². The molecule has 4 nitrogen and oxygen atoms in total. The molecule has 3 rings (SSSR count). The summed E-state index contributed by atoms with van der Waals surface area (Å²) < 4.78 is 5.52. The van der Waals surface area contributed by atoms with Gasteiger partial charge in [0.15, 0.2) is 6.29 Å². The average Bonchev–Trinajstić information content (AvgIpc) is 2.90. The number of carbonyl (C=O) groups is 1. The largest absolute Gasteiger partial charge is 0.374 e. The Morgan fingerprint density at radius 2 is 2.53 bits per heavy atom. The molecule has 1 aromatic heterocycles. The highest BCUT2D eigenvalue weighted by Crippen LogP contribution is 2.32. The van der Waals surface area contributed by atoms with Crippen LogP contribution in [0.15, 0.2) is 18.3 Å². The fraction of sp³-hybridized carbons (Fsp3) is 0.455. The van der Waals surface area contributed by atoms with E-state index in [1.54, 1.807) is 12.3 Å². The number of nitrogens with zero attached hydrogens (tertiary/aromatic N) is 2. The van der Waals surface area contributed by atoms with Crippen LogP contribution in [-0.4, -0.2) is 36.6 Å². The first-order valence-corrected chi connectivity index (χ1v) is 5.17. The lowest BCUT2D eigenvalue weighted by molar-refractivity contribution is 0.0986. The number of aromatic nitrogens is 1. The topological polar surface area (TPSA) is 42.4 Å². The van der Waals surface area contributed by atoms with Crippen LogP contribution >= 0.6 is 0 Å². The van der Waals surface area contributed by atoms with E-state index in [2.05, 4.69) is 9.88 Å².